The molecule has 1 aliphatic heterocycles. The standard InChI is InChI=1S/C10H17BN2O2/c1-7-12-6-8(13-7)11-14-9(2,3)10(4,5)15-11/h6H,1-5H3,(H,12,13)/i1D3,6D. The van der Waals surface area contributed by atoms with Crippen LogP contribution in [0.4, 0.5) is 0 Å². The molecule has 1 aliphatic rings. The van der Waals surface area contributed by atoms with Gasteiger partial charge in [-0.25, -0.2) is 4.98 Å². The van der Waals surface area contributed by atoms with Gasteiger partial charge >= 0.3 is 7.12 Å². The Morgan fingerprint density at radius 3 is 2.47 bits per heavy atom. The molecule has 0 aliphatic carbocycles. The van der Waals surface area contributed by atoms with Crippen molar-refractivity contribution in [2.45, 2.75) is 45.7 Å². The lowest BCUT2D eigenvalue weighted by atomic mass is 9.86. The van der Waals surface area contributed by atoms with Crippen molar-refractivity contribution >= 4 is 12.7 Å². The highest BCUT2D eigenvalue weighted by molar-refractivity contribution is 6.61. The predicted molar refractivity (Wildman–Crippen MR) is 59.0 cm³/mol. The summed E-state index contributed by atoms with van der Waals surface area (Å²) in [7, 11) is -0.805. The van der Waals surface area contributed by atoms with Crippen LogP contribution in [0.1, 0.15) is 39.0 Å². The summed E-state index contributed by atoms with van der Waals surface area (Å²) >= 11 is 0. The fourth-order valence-corrected chi connectivity index (χ4v) is 1.37. The first-order valence-corrected chi connectivity index (χ1v) is 4.87. The minimum atomic E-state index is -2.38. The molecule has 82 valence electrons. The lowest BCUT2D eigenvalue weighted by molar-refractivity contribution is 0.00578. The Bertz CT molecular complexity index is 482. The lowest BCUT2D eigenvalue weighted by Crippen LogP contribution is -2.41. The second kappa shape index (κ2) is 3.09. The van der Waals surface area contributed by atoms with Crippen LogP contribution in [-0.2, 0) is 9.31 Å². The van der Waals surface area contributed by atoms with Gasteiger partial charge in [0.15, 0.2) is 0 Å². The number of aromatic nitrogens is 2. The molecule has 2 heterocycles. The second-order valence-corrected chi connectivity index (χ2v) is 4.70. The molecule has 4 nitrogen and oxygen atoms in total. The van der Waals surface area contributed by atoms with Crippen molar-refractivity contribution in [3.63, 3.8) is 0 Å². The molecule has 1 aromatic heterocycles. The number of hydrogen-bond acceptors (Lipinski definition) is 3. The Balaban J connectivity index is 2.33. The van der Waals surface area contributed by atoms with E-state index in [0.717, 1.165) is 0 Å². The number of rotatable bonds is 1. The zero-order valence-electron chi connectivity index (χ0n) is 13.3. The van der Waals surface area contributed by atoms with Crippen molar-refractivity contribution < 1.29 is 14.8 Å². The van der Waals surface area contributed by atoms with Crippen LogP contribution in [0.25, 0.3) is 0 Å². The number of hydrogen-bond donors (Lipinski definition) is 1. The SMILES string of the molecule is [2H]c1nc(C([2H])([2H])[2H])[nH]c1B1OC(C)(C)C(C)(C)O1. The molecule has 0 aromatic carbocycles. The summed E-state index contributed by atoms with van der Waals surface area (Å²) in [4.78, 5) is 6.34. The van der Waals surface area contributed by atoms with Gasteiger partial charge in [-0.05, 0) is 34.5 Å². The maximum absolute atomic E-state index is 7.74. The molecule has 0 spiro atoms. The quantitative estimate of drug-likeness (QED) is 0.707. The molecule has 0 amide bonds. The number of nitrogens with zero attached hydrogens (tertiary/aromatic N) is 1. The van der Waals surface area contributed by atoms with E-state index in [2.05, 4.69) is 9.97 Å². The molecule has 0 radical (unpaired) electrons. The molecule has 0 bridgehead atoms. The van der Waals surface area contributed by atoms with E-state index in [4.69, 9.17) is 14.8 Å². The van der Waals surface area contributed by atoms with E-state index in [1.54, 1.807) is 0 Å². The maximum Gasteiger partial charge on any atom is 0.513 e. The molecular weight excluding hydrogens is 191 g/mol. The van der Waals surface area contributed by atoms with Crippen LogP contribution in [0, 0.1) is 6.85 Å². The molecule has 1 fully saturated rings. The van der Waals surface area contributed by atoms with Crippen molar-refractivity contribution in [3.05, 3.63) is 12.0 Å². The fourth-order valence-electron chi connectivity index (χ4n) is 1.37. The van der Waals surface area contributed by atoms with Crippen molar-refractivity contribution in [1.29, 1.82) is 0 Å². The first kappa shape index (κ1) is 6.71. The Labute approximate surface area is 96.1 Å². The van der Waals surface area contributed by atoms with Gasteiger partial charge < -0.3 is 14.3 Å². The van der Waals surface area contributed by atoms with Crippen molar-refractivity contribution in [1.82, 2.24) is 9.97 Å². The first-order chi connectivity index (χ1) is 8.44. The molecule has 1 N–H and O–H groups in total. The van der Waals surface area contributed by atoms with Gasteiger partial charge in [0.2, 0.25) is 0 Å². The van der Waals surface area contributed by atoms with E-state index in [1.165, 1.54) is 0 Å². The molecule has 0 saturated carbocycles. The van der Waals surface area contributed by atoms with Gasteiger partial charge in [-0.15, -0.1) is 0 Å². The summed E-state index contributed by atoms with van der Waals surface area (Å²) in [5.74, 6) is -0.220. The molecule has 1 saturated heterocycles. The topological polar surface area (TPSA) is 47.1 Å². The highest BCUT2D eigenvalue weighted by Crippen LogP contribution is 2.36. The number of aromatic amines is 1. The monoisotopic (exact) mass is 212 g/mol. The normalized spacial score (nSPS) is 28.1. The van der Waals surface area contributed by atoms with Crippen LogP contribution >= 0.6 is 0 Å². The molecule has 1 aromatic rings. The van der Waals surface area contributed by atoms with E-state index in [1.807, 2.05) is 27.7 Å². The summed E-state index contributed by atoms with van der Waals surface area (Å²) < 4.78 is 41.1. The fraction of sp³-hybridized carbons (Fsp3) is 0.700. The predicted octanol–water partition coefficient (Wildman–Crippen LogP) is 1.02. The van der Waals surface area contributed by atoms with Gasteiger partial charge in [-0.3, -0.25) is 0 Å². The van der Waals surface area contributed by atoms with E-state index in [-0.39, 0.29) is 17.6 Å². The van der Waals surface area contributed by atoms with Gasteiger partial charge in [-0.1, -0.05) is 0 Å². The zero-order chi connectivity index (χ0) is 14.6. The first-order valence-electron chi connectivity index (χ1n) is 6.87. The van der Waals surface area contributed by atoms with Gasteiger partial charge in [-0.2, -0.15) is 0 Å². The van der Waals surface area contributed by atoms with Crippen molar-refractivity contribution in [3.8, 4) is 0 Å². The second-order valence-electron chi connectivity index (χ2n) is 4.70. The maximum atomic E-state index is 7.74. The third-order valence-electron chi connectivity index (χ3n) is 3.03. The van der Waals surface area contributed by atoms with Crippen molar-refractivity contribution in [2.75, 3.05) is 0 Å². The Kier molecular flexibility index (Phi) is 1.38. The Morgan fingerprint density at radius 2 is 2.00 bits per heavy atom. The van der Waals surface area contributed by atoms with Gasteiger partial charge in [0.1, 0.15) is 5.82 Å². The van der Waals surface area contributed by atoms with E-state index in [9.17, 15) is 0 Å². The Morgan fingerprint density at radius 1 is 1.40 bits per heavy atom. The van der Waals surface area contributed by atoms with Crippen LogP contribution < -0.4 is 5.59 Å². The highest BCUT2D eigenvalue weighted by Gasteiger charge is 2.52. The van der Waals surface area contributed by atoms with E-state index >= 15 is 0 Å². The summed E-state index contributed by atoms with van der Waals surface area (Å²) in [6, 6.07) is 0. The lowest BCUT2D eigenvalue weighted by Gasteiger charge is -2.32. The number of aryl methyl sites for hydroxylation is 1. The molecule has 5 heteroatoms. The van der Waals surface area contributed by atoms with Gasteiger partial charge in [0.05, 0.1) is 18.2 Å². The smallest absolute Gasteiger partial charge is 0.398 e. The van der Waals surface area contributed by atoms with E-state index in [0.29, 0.717) is 0 Å². The van der Waals surface area contributed by atoms with Crippen LogP contribution in [0.3, 0.4) is 0 Å². The van der Waals surface area contributed by atoms with E-state index < -0.39 is 25.2 Å². The highest BCUT2D eigenvalue weighted by atomic mass is 16.7. The van der Waals surface area contributed by atoms with Crippen LogP contribution in [0.5, 0.6) is 0 Å². The summed E-state index contributed by atoms with van der Waals surface area (Å²) in [5.41, 5.74) is -0.852. The molecule has 2 rings (SSSR count). The minimum absolute atomic E-state index is 0.162. The average molecular weight is 212 g/mol. The number of nitrogens with one attached hydrogen (secondary N) is 1. The average Bonchev–Trinajstić information content (AvgIpc) is 2.65. The van der Waals surface area contributed by atoms with Crippen LogP contribution in [0.2, 0.25) is 0 Å². The van der Waals surface area contributed by atoms with Crippen molar-refractivity contribution in [2.24, 2.45) is 0 Å². The molecule has 15 heavy (non-hydrogen) atoms. The summed E-state index contributed by atoms with van der Waals surface area (Å²) in [6.07, 6.45) is -0.162. The summed E-state index contributed by atoms with van der Waals surface area (Å²) in [5, 5.41) is 0. The van der Waals surface area contributed by atoms with Crippen LogP contribution in [0.15, 0.2) is 6.17 Å². The number of H-pyrrole nitrogens is 1. The Hall–Kier alpha value is -0.805. The largest absolute Gasteiger partial charge is 0.513 e. The van der Waals surface area contributed by atoms with Gasteiger partial charge in [0, 0.05) is 10.3 Å². The van der Waals surface area contributed by atoms with Crippen LogP contribution in [-0.4, -0.2) is 28.3 Å². The minimum Gasteiger partial charge on any atom is -0.398 e. The summed E-state index contributed by atoms with van der Waals surface area (Å²) in [6.45, 7) is 5.17. The molecule has 0 unspecified atom stereocenters. The molecular formula is C10H17BN2O2. The molecule has 0 atom stereocenters. The zero-order valence-corrected chi connectivity index (χ0v) is 9.34. The number of imidazole rings is 1. The third-order valence-corrected chi connectivity index (χ3v) is 3.03. The van der Waals surface area contributed by atoms with Gasteiger partial charge in [0.25, 0.3) is 0 Å². The third kappa shape index (κ3) is 1.70.